The van der Waals surface area contributed by atoms with Crippen molar-refractivity contribution < 1.29 is 27.8 Å². The van der Waals surface area contributed by atoms with Crippen molar-refractivity contribution in [1.82, 2.24) is 0 Å². The lowest BCUT2D eigenvalue weighted by Crippen LogP contribution is -2.16. The molecule has 0 saturated heterocycles. The molecule has 0 aliphatic rings. The van der Waals surface area contributed by atoms with Gasteiger partial charge in [0.1, 0.15) is 45.7 Å². The summed E-state index contributed by atoms with van der Waals surface area (Å²) in [4.78, 5) is 28.7. The van der Waals surface area contributed by atoms with Crippen molar-refractivity contribution in [1.29, 1.82) is 0 Å². The Morgan fingerprint density at radius 1 is 0.452 bits per heavy atom. The van der Waals surface area contributed by atoms with Gasteiger partial charge < -0.3 is 27.8 Å². The molecule has 0 unspecified atom stereocenters. The first-order valence-corrected chi connectivity index (χ1v) is 13.0. The molecule has 8 heteroatoms. The average molecular weight is 563 g/mol. The molecule has 0 spiro atoms. The fourth-order valence-corrected chi connectivity index (χ4v) is 4.95. The molecule has 2 heterocycles. The van der Waals surface area contributed by atoms with Crippen LogP contribution >= 0.6 is 0 Å². The summed E-state index contributed by atoms with van der Waals surface area (Å²) in [6.07, 6.45) is 0. The van der Waals surface area contributed by atoms with Crippen LogP contribution in [0.25, 0.3) is 55.7 Å². The van der Waals surface area contributed by atoms with Crippen LogP contribution in [0.1, 0.15) is 0 Å². The van der Waals surface area contributed by atoms with E-state index in [2.05, 4.69) is 0 Å². The molecule has 0 atom stereocenters. The van der Waals surface area contributed by atoms with E-state index < -0.39 is 0 Å². The normalized spacial score (nSPS) is 11.0. The zero-order valence-electron chi connectivity index (χ0n) is 23.3. The number of hydrogen-bond donors (Lipinski definition) is 0. The summed E-state index contributed by atoms with van der Waals surface area (Å²) in [5.41, 5.74) is 1.15. The van der Waals surface area contributed by atoms with E-state index in [4.69, 9.17) is 27.8 Å². The van der Waals surface area contributed by atoms with E-state index in [1.54, 1.807) is 99.1 Å². The Morgan fingerprint density at radius 3 is 1.12 bits per heavy atom. The van der Waals surface area contributed by atoms with Gasteiger partial charge in [-0.3, -0.25) is 9.59 Å². The largest absolute Gasteiger partial charge is 0.497 e. The monoisotopic (exact) mass is 562 g/mol. The lowest BCUT2D eigenvalue weighted by atomic mass is 9.94. The minimum absolute atomic E-state index is 0.0788. The fourth-order valence-electron chi connectivity index (χ4n) is 4.95. The summed E-state index contributed by atoms with van der Waals surface area (Å²) in [7, 11) is 6.21. The molecule has 4 aromatic carbocycles. The van der Waals surface area contributed by atoms with E-state index >= 15 is 0 Å². The first-order valence-electron chi connectivity index (χ1n) is 13.0. The number of methoxy groups -OCH3 is 4. The number of ether oxygens (including phenoxy) is 4. The number of fused-ring (bicyclic) bond motifs is 2. The standard InChI is InChI=1S/C34H26O8/c1-37-21-9-5-19(6-10-21)33-29(31(35)25-15-13-23(39-3)17-27(25)41-33)30-32(36)26-16-14-24(40-4)18-28(26)42-34(30)20-7-11-22(38-2)12-8-20/h5-18H,1-4H3. The van der Waals surface area contributed by atoms with Gasteiger partial charge in [-0.15, -0.1) is 0 Å². The van der Waals surface area contributed by atoms with E-state index in [-0.39, 0.29) is 44.3 Å². The summed E-state index contributed by atoms with van der Waals surface area (Å²) in [5, 5.41) is 0.580. The molecule has 0 fully saturated rings. The van der Waals surface area contributed by atoms with Gasteiger partial charge in [-0.05, 0) is 72.8 Å². The van der Waals surface area contributed by atoms with Crippen molar-refractivity contribution in [2.75, 3.05) is 28.4 Å². The second-order valence-corrected chi connectivity index (χ2v) is 9.45. The first kappa shape index (κ1) is 26.7. The highest BCUT2D eigenvalue weighted by Gasteiger charge is 2.27. The lowest BCUT2D eigenvalue weighted by molar-refractivity contribution is 0.414. The van der Waals surface area contributed by atoms with E-state index in [1.165, 1.54) is 14.2 Å². The average Bonchev–Trinajstić information content (AvgIpc) is 3.04. The molecule has 8 nitrogen and oxygen atoms in total. The zero-order chi connectivity index (χ0) is 29.4. The van der Waals surface area contributed by atoms with E-state index in [9.17, 15) is 9.59 Å². The van der Waals surface area contributed by atoms with E-state index in [0.29, 0.717) is 45.3 Å². The van der Waals surface area contributed by atoms with Gasteiger partial charge in [0, 0.05) is 23.3 Å². The van der Waals surface area contributed by atoms with Crippen LogP contribution in [0.5, 0.6) is 23.0 Å². The van der Waals surface area contributed by atoms with E-state index in [1.807, 2.05) is 0 Å². The highest BCUT2D eigenvalue weighted by atomic mass is 16.5. The predicted octanol–water partition coefficient (Wildman–Crippen LogP) is 6.93. The molecule has 42 heavy (non-hydrogen) atoms. The third-order valence-corrected chi connectivity index (χ3v) is 7.15. The second-order valence-electron chi connectivity index (χ2n) is 9.45. The quantitative estimate of drug-likeness (QED) is 0.207. The van der Waals surface area contributed by atoms with Crippen LogP contribution < -0.4 is 29.8 Å². The van der Waals surface area contributed by atoms with Crippen molar-refractivity contribution >= 4 is 21.9 Å². The second kappa shape index (κ2) is 10.8. The maximum Gasteiger partial charge on any atom is 0.201 e. The van der Waals surface area contributed by atoms with Crippen LogP contribution in [0.3, 0.4) is 0 Å². The Hall–Kier alpha value is -5.50. The molecule has 0 amide bonds. The third-order valence-electron chi connectivity index (χ3n) is 7.15. The van der Waals surface area contributed by atoms with Crippen LogP contribution in [0, 0.1) is 0 Å². The minimum atomic E-state index is -0.389. The molecule has 0 aliphatic heterocycles. The molecule has 2 aromatic heterocycles. The van der Waals surface area contributed by atoms with Crippen LogP contribution in [-0.4, -0.2) is 28.4 Å². The van der Waals surface area contributed by atoms with Gasteiger partial charge in [0.15, 0.2) is 0 Å². The van der Waals surface area contributed by atoms with Crippen LogP contribution in [0.15, 0.2) is 103 Å². The minimum Gasteiger partial charge on any atom is -0.497 e. The molecular formula is C34H26O8. The van der Waals surface area contributed by atoms with Crippen molar-refractivity contribution in [2.24, 2.45) is 0 Å². The molecular weight excluding hydrogens is 536 g/mol. The van der Waals surface area contributed by atoms with Crippen molar-refractivity contribution in [3.8, 4) is 56.8 Å². The Bertz CT molecular complexity index is 1900. The first-order chi connectivity index (χ1) is 20.4. The number of hydrogen-bond acceptors (Lipinski definition) is 8. The molecule has 0 bridgehead atoms. The van der Waals surface area contributed by atoms with Crippen LogP contribution in [0.2, 0.25) is 0 Å². The van der Waals surface area contributed by atoms with Gasteiger partial charge in [-0.2, -0.15) is 0 Å². The van der Waals surface area contributed by atoms with Crippen molar-refractivity contribution in [2.45, 2.75) is 0 Å². The fraction of sp³-hybridized carbons (Fsp3) is 0.118. The van der Waals surface area contributed by atoms with E-state index in [0.717, 1.165) is 0 Å². The van der Waals surface area contributed by atoms with Gasteiger partial charge in [0.25, 0.3) is 0 Å². The van der Waals surface area contributed by atoms with Gasteiger partial charge in [-0.1, -0.05) is 0 Å². The Balaban J connectivity index is 1.77. The molecule has 0 radical (unpaired) electrons. The Morgan fingerprint density at radius 2 is 0.786 bits per heavy atom. The number of benzene rings is 4. The van der Waals surface area contributed by atoms with Crippen molar-refractivity contribution in [3.63, 3.8) is 0 Å². The van der Waals surface area contributed by atoms with Crippen LogP contribution in [0.4, 0.5) is 0 Å². The van der Waals surface area contributed by atoms with Crippen LogP contribution in [-0.2, 0) is 0 Å². The molecule has 210 valence electrons. The Labute approximate surface area is 240 Å². The summed E-state index contributed by atoms with van der Waals surface area (Å²) >= 11 is 0. The maximum absolute atomic E-state index is 14.4. The summed E-state index contributed by atoms with van der Waals surface area (Å²) < 4.78 is 34.2. The van der Waals surface area contributed by atoms with Gasteiger partial charge in [-0.25, -0.2) is 0 Å². The van der Waals surface area contributed by atoms with Gasteiger partial charge >= 0.3 is 0 Å². The topological polar surface area (TPSA) is 97.3 Å². The molecule has 0 aliphatic carbocycles. The lowest BCUT2D eigenvalue weighted by Gasteiger charge is -2.15. The summed E-state index contributed by atoms with van der Waals surface area (Å²) in [6.45, 7) is 0. The molecule has 6 aromatic rings. The van der Waals surface area contributed by atoms with Crippen molar-refractivity contribution in [3.05, 3.63) is 105 Å². The number of rotatable bonds is 7. The highest BCUT2D eigenvalue weighted by molar-refractivity contribution is 5.96. The molecule has 6 rings (SSSR count). The highest BCUT2D eigenvalue weighted by Crippen LogP contribution is 2.39. The molecule has 0 saturated carbocycles. The summed E-state index contributed by atoms with van der Waals surface area (Å²) in [6, 6.07) is 24.0. The maximum atomic E-state index is 14.4. The van der Waals surface area contributed by atoms with Gasteiger partial charge in [0.05, 0.1) is 50.3 Å². The SMILES string of the molecule is COc1ccc(-c2oc3cc(OC)ccc3c(=O)c2-c2c(-c3ccc(OC)cc3)oc3cc(OC)ccc3c2=O)cc1. The predicted molar refractivity (Wildman–Crippen MR) is 161 cm³/mol. The third kappa shape index (κ3) is 4.53. The molecule has 0 N–H and O–H groups in total. The Kier molecular flexibility index (Phi) is 6.88. The smallest absolute Gasteiger partial charge is 0.201 e. The zero-order valence-corrected chi connectivity index (χ0v) is 23.3. The van der Waals surface area contributed by atoms with Gasteiger partial charge in [0.2, 0.25) is 10.9 Å². The summed E-state index contributed by atoms with van der Waals surface area (Å²) in [5.74, 6) is 2.72.